The smallest absolute Gasteiger partial charge is 0.0982 e. The van der Waals surface area contributed by atoms with Crippen LogP contribution in [-0.4, -0.2) is 22.2 Å². The molecule has 2 rings (SSSR count). The van der Waals surface area contributed by atoms with E-state index < -0.39 is 5.60 Å². The summed E-state index contributed by atoms with van der Waals surface area (Å²) in [4.78, 5) is 4.62. The molecule has 0 bridgehead atoms. The second-order valence-electron chi connectivity index (χ2n) is 6.08. The monoisotopic (exact) mass is 254 g/mol. The van der Waals surface area contributed by atoms with Crippen LogP contribution in [0.15, 0.2) is 5.38 Å². The largest absolute Gasteiger partial charge is 0.389 e. The van der Waals surface area contributed by atoms with Gasteiger partial charge in [-0.05, 0) is 19.3 Å². The highest BCUT2D eigenvalue weighted by atomic mass is 32.1. The second kappa shape index (κ2) is 4.67. The lowest BCUT2D eigenvalue weighted by atomic mass is 9.80. The summed E-state index contributed by atoms with van der Waals surface area (Å²) in [6, 6.07) is 0. The third-order valence-electron chi connectivity index (χ3n) is 3.24. The topological polar surface area (TPSA) is 45.2 Å². The maximum Gasteiger partial charge on any atom is 0.0982 e. The highest BCUT2D eigenvalue weighted by Crippen LogP contribution is 2.30. The molecule has 0 radical (unpaired) electrons. The van der Waals surface area contributed by atoms with Gasteiger partial charge in [0.2, 0.25) is 0 Å². The summed E-state index contributed by atoms with van der Waals surface area (Å²) >= 11 is 1.72. The third kappa shape index (κ3) is 3.27. The Morgan fingerprint density at radius 3 is 2.65 bits per heavy atom. The minimum atomic E-state index is -0.442. The van der Waals surface area contributed by atoms with Gasteiger partial charge in [-0.1, -0.05) is 20.8 Å². The number of aliphatic hydroxyl groups is 1. The van der Waals surface area contributed by atoms with E-state index in [9.17, 15) is 5.11 Å². The van der Waals surface area contributed by atoms with E-state index in [0.29, 0.717) is 6.54 Å². The van der Waals surface area contributed by atoms with Gasteiger partial charge in [0.05, 0.1) is 16.3 Å². The highest BCUT2D eigenvalue weighted by Gasteiger charge is 2.33. The first-order valence-corrected chi connectivity index (χ1v) is 7.15. The van der Waals surface area contributed by atoms with Crippen LogP contribution in [0.25, 0.3) is 0 Å². The van der Waals surface area contributed by atoms with Crippen LogP contribution >= 0.6 is 11.3 Å². The van der Waals surface area contributed by atoms with Crippen molar-refractivity contribution in [2.24, 2.45) is 0 Å². The molecule has 96 valence electrons. The Bertz CT molecular complexity index is 377. The Kier molecular flexibility index (Phi) is 3.57. The van der Waals surface area contributed by atoms with Crippen LogP contribution in [0.5, 0.6) is 0 Å². The second-order valence-corrected chi connectivity index (χ2v) is 6.93. The van der Waals surface area contributed by atoms with Crippen molar-refractivity contribution in [1.82, 2.24) is 10.3 Å². The van der Waals surface area contributed by atoms with Crippen molar-refractivity contribution in [2.75, 3.05) is 6.54 Å². The van der Waals surface area contributed by atoms with Crippen molar-refractivity contribution in [2.45, 2.75) is 57.6 Å². The molecular weight excluding hydrogens is 232 g/mol. The molecule has 1 saturated carbocycles. The third-order valence-corrected chi connectivity index (χ3v) is 4.55. The molecule has 1 aliphatic carbocycles. The molecule has 1 aromatic rings. The molecule has 1 fully saturated rings. The molecule has 3 nitrogen and oxygen atoms in total. The Morgan fingerprint density at radius 1 is 1.47 bits per heavy atom. The summed E-state index contributed by atoms with van der Waals surface area (Å²) in [7, 11) is 0. The van der Waals surface area contributed by atoms with Gasteiger partial charge in [0, 0.05) is 23.9 Å². The van der Waals surface area contributed by atoms with Crippen molar-refractivity contribution in [3.8, 4) is 0 Å². The van der Waals surface area contributed by atoms with Gasteiger partial charge in [-0.15, -0.1) is 11.3 Å². The molecule has 0 unspecified atom stereocenters. The lowest BCUT2D eigenvalue weighted by Crippen LogP contribution is -2.46. The molecule has 1 heterocycles. The van der Waals surface area contributed by atoms with Crippen LogP contribution in [0, 0.1) is 0 Å². The number of nitrogens with zero attached hydrogens (tertiary/aromatic N) is 1. The zero-order valence-electron chi connectivity index (χ0n) is 10.9. The van der Waals surface area contributed by atoms with Gasteiger partial charge in [-0.3, -0.25) is 0 Å². The maximum atomic E-state index is 9.94. The van der Waals surface area contributed by atoms with Crippen LogP contribution in [0.1, 0.15) is 50.7 Å². The van der Waals surface area contributed by atoms with Crippen molar-refractivity contribution in [1.29, 1.82) is 0 Å². The predicted octanol–water partition coefficient (Wildman–Crippen LogP) is 2.45. The molecule has 0 aromatic carbocycles. The van der Waals surface area contributed by atoms with Gasteiger partial charge in [0.15, 0.2) is 0 Å². The highest BCUT2D eigenvalue weighted by molar-refractivity contribution is 7.09. The summed E-state index contributed by atoms with van der Waals surface area (Å²) in [5.41, 5.74) is 0.778. The fourth-order valence-corrected chi connectivity index (χ4v) is 2.82. The quantitative estimate of drug-likeness (QED) is 0.867. The van der Waals surface area contributed by atoms with Gasteiger partial charge in [0.1, 0.15) is 0 Å². The van der Waals surface area contributed by atoms with E-state index in [0.717, 1.165) is 31.5 Å². The summed E-state index contributed by atoms with van der Waals surface area (Å²) in [5.74, 6) is 0. The molecule has 17 heavy (non-hydrogen) atoms. The van der Waals surface area contributed by atoms with Crippen molar-refractivity contribution < 1.29 is 5.11 Å². The molecule has 0 amide bonds. The summed E-state index contributed by atoms with van der Waals surface area (Å²) in [6.45, 7) is 7.99. The minimum Gasteiger partial charge on any atom is -0.389 e. The van der Waals surface area contributed by atoms with Crippen LogP contribution in [-0.2, 0) is 12.0 Å². The van der Waals surface area contributed by atoms with Gasteiger partial charge in [0.25, 0.3) is 0 Å². The maximum absolute atomic E-state index is 9.94. The number of hydrogen-bond donors (Lipinski definition) is 2. The van der Waals surface area contributed by atoms with Gasteiger partial charge in [-0.2, -0.15) is 0 Å². The van der Waals surface area contributed by atoms with E-state index >= 15 is 0 Å². The van der Waals surface area contributed by atoms with Crippen LogP contribution in [0.3, 0.4) is 0 Å². The molecule has 0 aliphatic heterocycles. The molecular formula is C13H22N2OS. The SMILES string of the molecule is CC(C)(C)c1nc(CNCC2(O)CCC2)cs1. The van der Waals surface area contributed by atoms with E-state index in [1.165, 1.54) is 5.01 Å². The Labute approximate surface area is 107 Å². The van der Waals surface area contributed by atoms with Crippen LogP contribution in [0.2, 0.25) is 0 Å². The zero-order valence-corrected chi connectivity index (χ0v) is 11.7. The number of nitrogens with one attached hydrogen (secondary N) is 1. The van der Waals surface area contributed by atoms with E-state index in [1.54, 1.807) is 11.3 Å². The predicted molar refractivity (Wildman–Crippen MR) is 71.3 cm³/mol. The Hall–Kier alpha value is -0.450. The molecule has 2 N–H and O–H groups in total. The molecule has 4 heteroatoms. The number of aromatic nitrogens is 1. The van der Waals surface area contributed by atoms with E-state index in [-0.39, 0.29) is 5.41 Å². The normalized spacial score (nSPS) is 19.1. The van der Waals surface area contributed by atoms with E-state index in [1.807, 2.05) is 0 Å². The summed E-state index contributed by atoms with van der Waals surface area (Å²) < 4.78 is 0. The Morgan fingerprint density at radius 2 is 2.18 bits per heavy atom. The van der Waals surface area contributed by atoms with Gasteiger partial charge < -0.3 is 10.4 Å². The fourth-order valence-electron chi connectivity index (χ4n) is 1.92. The first-order valence-electron chi connectivity index (χ1n) is 6.27. The number of thiazole rings is 1. The van der Waals surface area contributed by atoms with Crippen molar-refractivity contribution in [3.63, 3.8) is 0 Å². The van der Waals surface area contributed by atoms with Crippen LogP contribution in [0.4, 0.5) is 0 Å². The average Bonchev–Trinajstić information content (AvgIpc) is 2.63. The summed E-state index contributed by atoms with van der Waals surface area (Å²) in [5, 5.41) is 16.5. The Balaban J connectivity index is 1.81. The standard InChI is InChI=1S/C13H22N2OS/c1-12(2,3)11-15-10(8-17-11)7-14-9-13(16)5-4-6-13/h8,14,16H,4-7,9H2,1-3H3. The first kappa shape index (κ1) is 13.0. The van der Waals surface area contributed by atoms with Gasteiger partial charge >= 0.3 is 0 Å². The van der Waals surface area contributed by atoms with E-state index in [4.69, 9.17) is 0 Å². The number of rotatable bonds is 4. The molecule has 1 aromatic heterocycles. The van der Waals surface area contributed by atoms with Crippen LogP contribution < -0.4 is 5.32 Å². The first-order chi connectivity index (χ1) is 7.89. The molecule has 0 spiro atoms. The average molecular weight is 254 g/mol. The van der Waals surface area contributed by atoms with Crippen molar-refractivity contribution >= 4 is 11.3 Å². The van der Waals surface area contributed by atoms with E-state index in [2.05, 4.69) is 36.5 Å². The van der Waals surface area contributed by atoms with Gasteiger partial charge in [-0.25, -0.2) is 4.98 Å². The number of hydrogen-bond acceptors (Lipinski definition) is 4. The molecule has 0 atom stereocenters. The fraction of sp³-hybridized carbons (Fsp3) is 0.769. The lowest BCUT2D eigenvalue weighted by molar-refractivity contribution is -0.0315. The summed E-state index contributed by atoms with van der Waals surface area (Å²) in [6.07, 6.45) is 3.03. The molecule has 0 saturated heterocycles. The van der Waals surface area contributed by atoms with Crippen molar-refractivity contribution in [3.05, 3.63) is 16.1 Å². The minimum absolute atomic E-state index is 0.134. The molecule has 1 aliphatic rings. The zero-order chi connectivity index (χ0) is 12.5. The lowest BCUT2D eigenvalue weighted by Gasteiger charge is -2.36.